The number of nitrogens with one attached hydrogen (secondary N) is 1. The van der Waals surface area contributed by atoms with Crippen LogP contribution in [0.5, 0.6) is 5.88 Å². The van der Waals surface area contributed by atoms with E-state index < -0.39 is 0 Å². The molecule has 26 heavy (non-hydrogen) atoms. The highest BCUT2D eigenvalue weighted by molar-refractivity contribution is 5.67. The second-order valence-corrected chi connectivity index (χ2v) is 5.57. The number of benzene rings is 1. The van der Waals surface area contributed by atoms with Crippen LogP contribution in [0.1, 0.15) is 5.56 Å². The molecule has 0 amide bonds. The molecule has 3 heterocycles. The van der Waals surface area contributed by atoms with Crippen LogP contribution in [-0.4, -0.2) is 31.7 Å². The predicted octanol–water partition coefficient (Wildman–Crippen LogP) is 2.95. The monoisotopic (exact) mass is 350 g/mol. The number of halogens is 1. The summed E-state index contributed by atoms with van der Waals surface area (Å²) in [7, 11) is 1.58. The lowest BCUT2D eigenvalue weighted by atomic mass is 10.2. The first-order valence-corrected chi connectivity index (χ1v) is 7.93. The third-order valence-electron chi connectivity index (χ3n) is 3.88. The molecule has 7 nitrogen and oxygen atoms in total. The SMILES string of the molecule is COc1ccc(CNc2nccn3c(-c4cccc(F)c4)nnc23)cn1. The van der Waals surface area contributed by atoms with Gasteiger partial charge in [0.2, 0.25) is 11.5 Å². The summed E-state index contributed by atoms with van der Waals surface area (Å²) in [4.78, 5) is 8.50. The normalized spacial score (nSPS) is 10.8. The molecule has 0 aliphatic rings. The molecule has 1 aromatic carbocycles. The second kappa shape index (κ2) is 6.75. The molecule has 4 rings (SSSR count). The van der Waals surface area contributed by atoms with Crippen LogP contribution < -0.4 is 10.1 Å². The highest BCUT2D eigenvalue weighted by Crippen LogP contribution is 2.22. The number of hydrogen-bond donors (Lipinski definition) is 1. The minimum absolute atomic E-state index is 0.321. The molecule has 0 saturated carbocycles. The van der Waals surface area contributed by atoms with Gasteiger partial charge in [0.15, 0.2) is 11.6 Å². The molecule has 3 aromatic heterocycles. The fraction of sp³-hybridized carbons (Fsp3) is 0.111. The maximum absolute atomic E-state index is 13.5. The average Bonchev–Trinajstić information content (AvgIpc) is 3.11. The Balaban J connectivity index is 1.62. The Labute approximate surface area is 148 Å². The van der Waals surface area contributed by atoms with Crippen LogP contribution in [0.2, 0.25) is 0 Å². The maximum Gasteiger partial charge on any atom is 0.212 e. The summed E-state index contributed by atoms with van der Waals surface area (Å²) in [5, 5.41) is 11.6. The number of pyridine rings is 1. The van der Waals surface area contributed by atoms with Crippen LogP contribution >= 0.6 is 0 Å². The van der Waals surface area contributed by atoms with E-state index in [9.17, 15) is 4.39 Å². The fourth-order valence-electron chi connectivity index (χ4n) is 2.60. The van der Waals surface area contributed by atoms with Crippen LogP contribution in [0.3, 0.4) is 0 Å². The third kappa shape index (κ3) is 3.04. The standard InChI is InChI=1S/C18H15FN6O/c1-26-15-6-5-12(10-21-15)11-22-16-18-24-23-17(25(18)8-7-20-16)13-3-2-4-14(19)9-13/h2-10H,11H2,1H3,(H,20,22). The van der Waals surface area contributed by atoms with Crippen molar-refractivity contribution in [3.8, 4) is 17.3 Å². The van der Waals surface area contributed by atoms with E-state index in [-0.39, 0.29) is 5.82 Å². The molecular weight excluding hydrogens is 335 g/mol. The average molecular weight is 350 g/mol. The Morgan fingerprint density at radius 2 is 2.08 bits per heavy atom. The lowest BCUT2D eigenvalue weighted by Gasteiger charge is -2.07. The van der Waals surface area contributed by atoms with Gasteiger partial charge in [0.25, 0.3) is 0 Å². The fourth-order valence-corrected chi connectivity index (χ4v) is 2.60. The van der Waals surface area contributed by atoms with E-state index in [1.165, 1.54) is 12.1 Å². The molecule has 0 aliphatic heterocycles. The first-order valence-electron chi connectivity index (χ1n) is 7.93. The van der Waals surface area contributed by atoms with E-state index in [1.54, 1.807) is 48.3 Å². The van der Waals surface area contributed by atoms with E-state index in [4.69, 9.17) is 4.74 Å². The van der Waals surface area contributed by atoms with Gasteiger partial charge >= 0.3 is 0 Å². The van der Waals surface area contributed by atoms with E-state index in [0.29, 0.717) is 35.3 Å². The number of methoxy groups -OCH3 is 1. The van der Waals surface area contributed by atoms with Crippen LogP contribution in [0, 0.1) is 5.82 Å². The van der Waals surface area contributed by atoms with Crippen molar-refractivity contribution >= 4 is 11.5 Å². The van der Waals surface area contributed by atoms with Gasteiger partial charge in [-0.15, -0.1) is 10.2 Å². The van der Waals surface area contributed by atoms with E-state index in [2.05, 4.69) is 25.5 Å². The summed E-state index contributed by atoms with van der Waals surface area (Å²) in [6.07, 6.45) is 5.12. The molecule has 0 radical (unpaired) electrons. The highest BCUT2D eigenvalue weighted by atomic mass is 19.1. The van der Waals surface area contributed by atoms with Gasteiger partial charge < -0.3 is 10.1 Å². The number of anilines is 1. The molecule has 0 atom stereocenters. The first kappa shape index (κ1) is 15.9. The minimum atomic E-state index is -0.321. The van der Waals surface area contributed by atoms with Crippen molar-refractivity contribution in [2.75, 3.05) is 12.4 Å². The van der Waals surface area contributed by atoms with Gasteiger partial charge in [-0.1, -0.05) is 18.2 Å². The van der Waals surface area contributed by atoms with Gasteiger partial charge in [-0.2, -0.15) is 0 Å². The van der Waals surface area contributed by atoms with E-state index >= 15 is 0 Å². The van der Waals surface area contributed by atoms with Gasteiger partial charge in [-0.3, -0.25) is 4.40 Å². The number of fused-ring (bicyclic) bond motifs is 1. The Morgan fingerprint density at radius 1 is 1.15 bits per heavy atom. The molecule has 130 valence electrons. The zero-order chi connectivity index (χ0) is 17.9. The van der Waals surface area contributed by atoms with Crippen molar-refractivity contribution in [2.24, 2.45) is 0 Å². The summed E-state index contributed by atoms with van der Waals surface area (Å²) < 4.78 is 20.3. The minimum Gasteiger partial charge on any atom is -0.481 e. The molecule has 0 spiro atoms. The number of aromatic nitrogens is 5. The summed E-state index contributed by atoms with van der Waals surface area (Å²) in [5.41, 5.74) is 2.18. The summed E-state index contributed by atoms with van der Waals surface area (Å²) in [5.74, 6) is 1.37. The number of ether oxygens (including phenoxy) is 1. The van der Waals surface area contributed by atoms with Crippen molar-refractivity contribution in [3.63, 3.8) is 0 Å². The second-order valence-electron chi connectivity index (χ2n) is 5.57. The number of nitrogens with zero attached hydrogens (tertiary/aromatic N) is 5. The molecular formula is C18H15FN6O. The van der Waals surface area contributed by atoms with Gasteiger partial charge in [-0.25, -0.2) is 14.4 Å². The van der Waals surface area contributed by atoms with Crippen molar-refractivity contribution in [1.82, 2.24) is 24.6 Å². The molecule has 0 bridgehead atoms. The van der Waals surface area contributed by atoms with Crippen molar-refractivity contribution < 1.29 is 9.13 Å². The Morgan fingerprint density at radius 3 is 2.85 bits per heavy atom. The van der Waals surface area contributed by atoms with E-state index in [0.717, 1.165) is 5.56 Å². The van der Waals surface area contributed by atoms with Crippen LogP contribution in [0.25, 0.3) is 17.0 Å². The summed E-state index contributed by atoms with van der Waals surface area (Å²) in [6.45, 7) is 0.520. The highest BCUT2D eigenvalue weighted by Gasteiger charge is 2.12. The van der Waals surface area contributed by atoms with Crippen LogP contribution in [-0.2, 0) is 6.54 Å². The Kier molecular flexibility index (Phi) is 4.14. The van der Waals surface area contributed by atoms with Crippen LogP contribution in [0.15, 0.2) is 55.0 Å². The van der Waals surface area contributed by atoms with Crippen molar-refractivity contribution in [2.45, 2.75) is 6.54 Å². The first-order chi connectivity index (χ1) is 12.7. The largest absolute Gasteiger partial charge is 0.481 e. The molecule has 0 fully saturated rings. The zero-order valence-electron chi connectivity index (χ0n) is 13.9. The van der Waals surface area contributed by atoms with Crippen molar-refractivity contribution in [3.05, 3.63) is 66.4 Å². The van der Waals surface area contributed by atoms with Gasteiger partial charge in [0.1, 0.15) is 5.82 Å². The Hall–Kier alpha value is -3.55. The van der Waals surface area contributed by atoms with Gasteiger partial charge in [0.05, 0.1) is 7.11 Å². The maximum atomic E-state index is 13.5. The number of hydrogen-bond acceptors (Lipinski definition) is 6. The molecule has 1 N–H and O–H groups in total. The number of rotatable bonds is 5. The lowest BCUT2D eigenvalue weighted by molar-refractivity contribution is 0.397. The Bertz CT molecular complexity index is 1050. The quantitative estimate of drug-likeness (QED) is 0.596. The van der Waals surface area contributed by atoms with E-state index in [1.807, 2.05) is 6.07 Å². The third-order valence-corrected chi connectivity index (χ3v) is 3.88. The lowest BCUT2D eigenvalue weighted by Crippen LogP contribution is -2.04. The van der Waals surface area contributed by atoms with Crippen molar-refractivity contribution in [1.29, 1.82) is 0 Å². The predicted molar refractivity (Wildman–Crippen MR) is 94.3 cm³/mol. The smallest absolute Gasteiger partial charge is 0.212 e. The zero-order valence-corrected chi connectivity index (χ0v) is 13.9. The molecule has 0 aliphatic carbocycles. The molecule has 0 saturated heterocycles. The van der Waals surface area contributed by atoms with Crippen LogP contribution in [0.4, 0.5) is 10.2 Å². The van der Waals surface area contributed by atoms with Gasteiger partial charge in [0, 0.05) is 36.8 Å². The molecule has 0 unspecified atom stereocenters. The molecule has 4 aromatic rings. The van der Waals surface area contributed by atoms with Gasteiger partial charge in [-0.05, 0) is 17.7 Å². The topological polar surface area (TPSA) is 77.2 Å². The summed E-state index contributed by atoms with van der Waals surface area (Å²) >= 11 is 0. The summed E-state index contributed by atoms with van der Waals surface area (Å²) in [6, 6.07) is 9.96. The molecule has 8 heteroatoms.